The van der Waals surface area contributed by atoms with Crippen LogP contribution in [0.25, 0.3) is 5.82 Å². The average molecular weight is 393 g/mol. The lowest BCUT2D eigenvalue weighted by Crippen LogP contribution is -2.29. The fraction of sp³-hybridized carbons (Fsp3) is 0.364. The molecule has 0 atom stereocenters. The number of rotatable bonds is 6. The smallest absolute Gasteiger partial charge is 0.251 e. The van der Waals surface area contributed by atoms with Crippen molar-refractivity contribution in [2.75, 3.05) is 18.4 Å². The van der Waals surface area contributed by atoms with Crippen molar-refractivity contribution in [2.45, 2.75) is 40.0 Å². The number of carbonyl (C=O) groups is 1. The van der Waals surface area contributed by atoms with Crippen LogP contribution in [-0.2, 0) is 5.41 Å². The minimum atomic E-state index is -0.0850. The second-order valence-corrected chi connectivity index (χ2v) is 8.13. The minimum absolute atomic E-state index is 0.0739. The van der Waals surface area contributed by atoms with Gasteiger partial charge in [-0.2, -0.15) is 5.10 Å². The van der Waals surface area contributed by atoms with Gasteiger partial charge < -0.3 is 10.6 Å². The SMILES string of the molecule is Cc1cc(C)n(-c2ccc(NCCNC(=O)c3ccc(C(C)(C)C)cc3)nn2)n1. The van der Waals surface area contributed by atoms with Crippen LogP contribution >= 0.6 is 0 Å². The molecule has 0 fully saturated rings. The van der Waals surface area contributed by atoms with E-state index in [1.165, 1.54) is 5.56 Å². The summed E-state index contributed by atoms with van der Waals surface area (Å²) in [4.78, 5) is 12.3. The Kier molecular flexibility index (Phi) is 5.96. The number of aryl methyl sites for hydroxylation is 2. The molecule has 3 aromatic rings. The normalized spacial score (nSPS) is 11.3. The topological polar surface area (TPSA) is 84.7 Å². The van der Waals surface area contributed by atoms with E-state index in [0.29, 0.717) is 30.3 Å². The van der Waals surface area contributed by atoms with Crippen LogP contribution in [0.5, 0.6) is 0 Å². The van der Waals surface area contributed by atoms with Crippen LogP contribution in [0.15, 0.2) is 42.5 Å². The number of hydrogen-bond acceptors (Lipinski definition) is 5. The fourth-order valence-electron chi connectivity index (χ4n) is 2.98. The Labute approximate surface area is 171 Å². The van der Waals surface area contributed by atoms with Crippen LogP contribution < -0.4 is 10.6 Å². The zero-order chi connectivity index (χ0) is 21.0. The summed E-state index contributed by atoms with van der Waals surface area (Å²) in [5.41, 5.74) is 3.89. The predicted molar refractivity (Wildman–Crippen MR) is 115 cm³/mol. The zero-order valence-electron chi connectivity index (χ0n) is 17.7. The third kappa shape index (κ3) is 5.19. The maximum absolute atomic E-state index is 12.3. The Hall–Kier alpha value is -3.22. The molecule has 0 radical (unpaired) electrons. The quantitative estimate of drug-likeness (QED) is 0.628. The summed E-state index contributed by atoms with van der Waals surface area (Å²) in [7, 11) is 0. The molecule has 7 heteroatoms. The van der Waals surface area contributed by atoms with E-state index < -0.39 is 0 Å². The van der Waals surface area contributed by atoms with Crippen molar-refractivity contribution in [3.8, 4) is 5.82 Å². The van der Waals surface area contributed by atoms with Crippen LogP contribution in [0.1, 0.15) is 48.1 Å². The van der Waals surface area contributed by atoms with Gasteiger partial charge in [-0.15, -0.1) is 10.2 Å². The molecule has 1 aromatic carbocycles. The van der Waals surface area contributed by atoms with E-state index in [4.69, 9.17) is 0 Å². The highest BCUT2D eigenvalue weighted by Crippen LogP contribution is 2.22. The van der Waals surface area contributed by atoms with Gasteiger partial charge in [0, 0.05) is 24.3 Å². The molecule has 1 amide bonds. The summed E-state index contributed by atoms with van der Waals surface area (Å²) in [6, 6.07) is 13.5. The molecule has 0 saturated carbocycles. The standard InChI is InChI=1S/C22H28N6O/c1-15-14-16(2)28(27-15)20-11-10-19(25-26-20)23-12-13-24-21(29)17-6-8-18(9-7-17)22(3,4)5/h6-11,14H,12-13H2,1-5H3,(H,23,25)(H,24,29). The summed E-state index contributed by atoms with van der Waals surface area (Å²) in [5, 5.41) is 18.9. The van der Waals surface area contributed by atoms with Crippen molar-refractivity contribution < 1.29 is 4.79 Å². The Balaban J connectivity index is 1.48. The molecule has 3 rings (SSSR count). The lowest BCUT2D eigenvalue weighted by atomic mass is 9.87. The molecule has 2 N–H and O–H groups in total. The van der Waals surface area contributed by atoms with E-state index in [0.717, 1.165) is 11.4 Å². The molecule has 0 saturated heterocycles. The zero-order valence-corrected chi connectivity index (χ0v) is 17.7. The molecule has 2 heterocycles. The van der Waals surface area contributed by atoms with Gasteiger partial charge in [-0.05, 0) is 55.2 Å². The maximum atomic E-state index is 12.3. The first-order valence-corrected chi connectivity index (χ1v) is 9.74. The van der Waals surface area contributed by atoms with E-state index >= 15 is 0 Å². The van der Waals surface area contributed by atoms with Crippen molar-refractivity contribution in [1.29, 1.82) is 0 Å². The number of benzene rings is 1. The number of carbonyl (C=O) groups excluding carboxylic acids is 1. The van der Waals surface area contributed by atoms with Crippen molar-refractivity contribution in [2.24, 2.45) is 0 Å². The Morgan fingerprint density at radius 3 is 2.28 bits per heavy atom. The van der Waals surface area contributed by atoms with Crippen molar-refractivity contribution >= 4 is 11.7 Å². The van der Waals surface area contributed by atoms with Crippen LogP contribution in [0.2, 0.25) is 0 Å². The van der Waals surface area contributed by atoms with Gasteiger partial charge in [0.15, 0.2) is 5.82 Å². The molecule has 29 heavy (non-hydrogen) atoms. The molecule has 7 nitrogen and oxygen atoms in total. The van der Waals surface area contributed by atoms with Gasteiger partial charge in [-0.25, -0.2) is 4.68 Å². The summed E-state index contributed by atoms with van der Waals surface area (Å²) in [6.07, 6.45) is 0. The van der Waals surface area contributed by atoms with Crippen LogP contribution in [0.4, 0.5) is 5.82 Å². The third-order valence-corrected chi connectivity index (χ3v) is 4.61. The molecule has 0 spiro atoms. The van der Waals surface area contributed by atoms with Gasteiger partial charge in [0.2, 0.25) is 0 Å². The summed E-state index contributed by atoms with van der Waals surface area (Å²) < 4.78 is 1.76. The van der Waals surface area contributed by atoms with Gasteiger partial charge in [0.25, 0.3) is 5.91 Å². The van der Waals surface area contributed by atoms with Crippen molar-refractivity contribution in [3.05, 3.63) is 65.0 Å². The monoisotopic (exact) mass is 392 g/mol. The first-order valence-electron chi connectivity index (χ1n) is 9.74. The molecular weight excluding hydrogens is 364 g/mol. The first kappa shape index (κ1) is 20.5. The van der Waals surface area contributed by atoms with Crippen molar-refractivity contribution in [3.63, 3.8) is 0 Å². The van der Waals surface area contributed by atoms with Gasteiger partial charge in [-0.1, -0.05) is 32.9 Å². The third-order valence-electron chi connectivity index (χ3n) is 4.61. The Morgan fingerprint density at radius 2 is 1.72 bits per heavy atom. The van der Waals surface area contributed by atoms with Crippen LogP contribution in [0, 0.1) is 13.8 Å². The number of hydrogen-bond donors (Lipinski definition) is 2. The molecule has 0 bridgehead atoms. The summed E-state index contributed by atoms with van der Waals surface area (Å²) in [5.74, 6) is 1.24. The van der Waals surface area contributed by atoms with E-state index in [1.54, 1.807) is 4.68 Å². The molecule has 152 valence electrons. The van der Waals surface area contributed by atoms with E-state index in [9.17, 15) is 4.79 Å². The fourth-order valence-corrected chi connectivity index (χ4v) is 2.98. The van der Waals surface area contributed by atoms with Gasteiger partial charge >= 0.3 is 0 Å². The van der Waals surface area contributed by atoms with Crippen molar-refractivity contribution in [1.82, 2.24) is 25.3 Å². The second kappa shape index (κ2) is 8.43. The largest absolute Gasteiger partial charge is 0.367 e. The molecule has 0 aliphatic carbocycles. The van der Waals surface area contributed by atoms with E-state index in [2.05, 4.69) is 46.7 Å². The first-order chi connectivity index (χ1) is 13.7. The maximum Gasteiger partial charge on any atom is 0.251 e. The van der Waals surface area contributed by atoms with E-state index in [1.807, 2.05) is 56.3 Å². The number of nitrogens with zero attached hydrogens (tertiary/aromatic N) is 4. The lowest BCUT2D eigenvalue weighted by molar-refractivity contribution is 0.0955. The van der Waals surface area contributed by atoms with Crippen LogP contribution in [-0.4, -0.2) is 39.0 Å². The summed E-state index contributed by atoms with van der Waals surface area (Å²) in [6.45, 7) is 11.4. The highest BCUT2D eigenvalue weighted by atomic mass is 16.1. The highest BCUT2D eigenvalue weighted by Gasteiger charge is 2.14. The van der Waals surface area contributed by atoms with Gasteiger partial charge in [-0.3, -0.25) is 4.79 Å². The minimum Gasteiger partial charge on any atom is -0.367 e. The Morgan fingerprint density at radius 1 is 1.00 bits per heavy atom. The van der Waals surface area contributed by atoms with Gasteiger partial charge in [0.05, 0.1) is 5.69 Å². The molecule has 0 aliphatic rings. The Bertz CT molecular complexity index is 968. The predicted octanol–water partition coefficient (Wildman–Crippen LogP) is 3.42. The molecule has 0 aliphatic heterocycles. The molecular formula is C22H28N6O. The second-order valence-electron chi connectivity index (χ2n) is 8.13. The van der Waals surface area contributed by atoms with E-state index in [-0.39, 0.29) is 11.3 Å². The highest BCUT2D eigenvalue weighted by molar-refractivity contribution is 5.94. The summed E-state index contributed by atoms with van der Waals surface area (Å²) >= 11 is 0. The van der Waals surface area contributed by atoms with Gasteiger partial charge in [0.1, 0.15) is 5.82 Å². The average Bonchev–Trinajstić information content (AvgIpc) is 3.03. The number of amides is 1. The number of anilines is 1. The lowest BCUT2D eigenvalue weighted by Gasteiger charge is -2.19. The number of nitrogens with one attached hydrogen (secondary N) is 2. The van der Waals surface area contributed by atoms with Crippen LogP contribution in [0.3, 0.4) is 0 Å². The number of aromatic nitrogens is 4. The molecule has 0 unspecified atom stereocenters. The molecule has 2 aromatic heterocycles.